The number of methoxy groups -OCH3 is 1. The van der Waals surface area contributed by atoms with Crippen LogP contribution in [0.3, 0.4) is 0 Å². The van der Waals surface area contributed by atoms with E-state index in [2.05, 4.69) is 24.0 Å². The molecule has 2 heterocycles. The van der Waals surface area contributed by atoms with Gasteiger partial charge in [-0.1, -0.05) is 19.1 Å². The topological polar surface area (TPSA) is 51.2 Å². The van der Waals surface area contributed by atoms with Gasteiger partial charge < -0.3 is 19.3 Å². The Labute approximate surface area is 160 Å². The van der Waals surface area contributed by atoms with Crippen LogP contribution in [-0.2, 0) is 13.0 Å². The Kier molecular flexibility index (Phi) is 4.87. The number of phenols is 1. The molecule has 0 spiro atoms. The molecule has 2 aromatic carbocycles. The van der Waals surface area contributed by atoms with E-state index in [4.69, 9.17) is 14.2 Å². The average molecular weight is 369 g/mol. The van der Waals surface area contributed by atoms with E-state index in [9.17, 15) is 5.11 Å². The van der Waals surface area contributed by atoms with Crippen molar-refractivity contribution < 1.29 is 19.3 Å². The molecule has 0 bridgehead atoms. The van der Waals surface area contributed by atoms with Gasteiger partial charge in [0.1, 0.15) is 0 Å². The number of fused-ring (bicyclic) bond motifs is 1. The monoisotopic (exact) mass is 369 g/mol. The number of ether oxygens (including phenoxy) is 3. The van der Waals surface area contributed by atoms with Crippen LogP contribution in [0, 0.1) is 5.41 Å². The van der Waals surface area contributed by atoms with Crippen molar-refractivity contribution in [2.45, 2.75) is 32.7 Å². The van der Waals surface area contributed by atoms with Gasteiger partial charge in [0.2, 0.25) is 6.79 Å². The normalized spacial score (nSPS) is 22.0. The zero-order valence-electron chi connectivity index (χ0n) is 16.0. The summed E-state index contributed by atoms with van der Waals surface area (Å²) in [5.41, 5.74) is 2.63. The minimum Gasteiger partial charge on any atom is -0.504 e. The van der Waals surface area contributed by atoms with Crippen molar-refractivity contribution in [1.29, 1.82) is 0 Å². The van der Waals surface area contributed by atoms with Crippen molar-refractivity contribution in [3.63, 3.8) is 0 Å². The SMILES string of the molecule is COc1ccc(CN2CCC[C@@](C)(Cc3ccc4c(c3)OCO4)C2)cc1O. The fourth-order valence-electron chi connectivity index (χ4n) is 4.34. The highest BCUT2D eigenvalue weighted by Gasteiger charge is 2.31. The summed E-state index contributed by atoms with van der Waals surface area (Å²) in [7, 11) is 1.57. The summed E-state index contributed by atoms with van der Waals surface area (Å²) >= 11 is 0. The number of piperidine rings is 1. The van der Waals surface area contributed by atoms with Gasteiger partial charge in [-0.3, -0.25) is 4.90 Å². The largest absolute Gasteiger partial charge is 0.504 e. The van der Waals surface area contributed by atoms with E-state index < -0.39 is 0 Å². The summed E-state index contributed by atoms with van der Waals surface area (Å²) in [6.45, 7) is 5.65. The standard InChI is InChI=1S/C22H27NO4/c1-22(12-16-4-7-20-21(11-16)27-15-26-20)8-3-9-23(14-22)13-17-5-6-19(25-2)18(24)10-17/h4-7,10-11,24H,3,8-9,12-15H2,1-2H3/t22-/m0/s1. The maximum Gasteiger partial charge on any atom is 0.231 e. The van der Waals surface area contributed by atoms with Crippen molar-refractivity contribution in [1.82, 2.24) is 4.90 Å². The van der Waals surface area contributed by atoms with Crippen LogP contribution in [0.5, 0.6) is 23.0 Å². The van der Waals surface area contributed by atoms with E-state index >= 15 is 0 Å². The van der Waals surface area contributed by atoms with Gasteiger partial charge in [-0.15, -0.1) is 0 Å². The first kappa shape index (κ1) is 18.0. The van der Waals surface area contributed by atoms with Crippen LogP contribution in [0.2, 0.25) is 0 Å². The van der Waals surface area contributed by atoms with E-state index in [1.54, 1.807) is 7.11 Å². The van der Waals surface area contributed by atoms with Crippen molar-refractivity contribution in [2.75, 3.05) is 27.0 Å². The summed E-state index contributed by atoms with van der Waals surface area (Å²) in [4.78, 5) is 2.48. The lowest BCUT2D eigenvalue weighted by Gasteiger charge is -2.41. The van der Waals surface area contributed by atoms with E-state index in [0.717, 1.165) is 43.1 Å². The van der Waals surface area contributed by atoms with Gasteiger partial charge in [-0.05, 0) is 66.6 Å². The Morgan fingerprint density at radius 3 is 2.74 bits per heavy atom. The van der Waals surface area contributed by atoms with Crippen molar-refractivity contribution >= 4 is 0 Å². The number of rotatable bonds is 5. The van der Waals surface area contributed by atoms with Crippen molar-refractivity contribution in [3.8, 4) is 23.0 Å². The number of benzene rings is 2. The third kappa shape index (κ3) is 3.98. The number of nitrogens with zero attached hydrogens (tertiary/aromatic N) is 1. The zero-order chi connectivity index (χ0) is 18.9. The van der Waals surface area contributed by atoms with Crippen LogP contribution < -0.4 is 14.2 Å². The fraction of sp³-hybridized carbons (Fsp3) is 0.455. The van der Waals surface area contributed by atoms with Crippen LogP contribution in [0.4, 0.5) is 0 Å². The molecule has 1 saturated heterocycles. The third-order valence-corrected chi connectivity index (χ3v) is 5.58. The maximum absolute atomic E-state index is 10.0. The molecule has 5 nitrogen and oxygen atoms in total. The van der Waals surface area contributed by atoms with Crippen LogP contribution in [0.15, 0.2) is 36.4 Å². The highest BCUT2D eigenvalue weighted by Crippen LogP contribution is 2.38. The summed E-state index contributed by atoms with van der Waals surface area (Å²) in [5.74, 6) is 2.42. The van der Waals surface area contributed by atoms with Gasteiger partial charge in [-0.25, -0.2) is 0 Å². The summed E-state index contributed by atoms with van der Waals surface area (Å²) in [6.07, 6.45) is 3.42. The molecular weight excluding hydrogens is 342 g/mol. The first-order chi connectivity index (χ1) is 13.0. The Bertz CT molecular complexity index is 822. The number of aromatic hydroxyl groups is 1. The lowest BCUT2D eigenvalue weighted by Crippen LogP contribution is -2.42. The highest BCUT2D eigenvalue weighted by atomic mass is 16.7. The molecule has 0 unspecified atom stereocenters. The predicted octanol–water partition coefficient (Wildman–Crippen LogP) is 3.97. The second kappa shape index (κ2) is 7.31. The molecule has 0 saturated carbocycles. The number of hydrogen-bond donors (Lipinski definition) is 1. The Morgan fingerprint density at radius 2 is 1.93 bits per heavy atom. The number of phenolic OH excluding ortho intramolecular Hbond substituents is 1. The highest BCUT2D eigenvalue weighted by molar-refractivity contribution is 5.45. The maximum atomic E-state index is 10.0. The van der Waals surface area contributed by atoms with Gasteiger partial charge >= 0.3 is 0 Å². The molecule has 4 rings (SSSR count). The van der Waals surface area contributed by atoms with Crippen LogP contribution in [-0.4, -0.2) is 37.0 Å². The van der Waals surface area contributed by atoms with Gasteiger partial charge in [-0.2, -0.15) is 0 Å². The average Bonchev–Trinajstić information content (AvgIpc) is 3.09. The molecule has 1 N–H and O–H groups in total. The molecule has 2 aliphatic heterocycles. The molecule has 0 amide bonds. The van der Waals surface area contributed by atoms with Gasteiger partial charge in [0.05, 0.1) is 7.11 Å². The van der Waals surface area contributed by atoms with E-state index in [1.807, 2.05) is 24.3 Å². The van der Waals surface area contributed by atoms with Gasteiger partial charge in [0.25, 0.3) is 0 Å². The summed E-state index contributed by atoms with van der Waals surface area (Å²) in [5, 5.41) is 10.0. The molecule has 2 aliphatic rings. The molecule has 5 heteroatoms. The Morgan fingerprint density at radius 1 is 1.11 bits per heavy atom. The zero-order valence-corrected chi connectivity index (χ0v) is 16.0. The second-order valence-electron chi connectivity index (χ2n) is 8.00. The third-order valence-electron chi connectivity index (χ3n) is 5.58. The molecule has 0 radical (unpaired) electrons. The molecule has 2 aromatic rings. The fourth-order valence-corrected chi connectivity index (χ4v) is 4.34. The molecule has 144 valence electrons. The van der Waals surface area contributed by atoms with Crippen LogP contribution >= 0.6 is 0 Å². The quantitative estimate of drug-likeness (QED) is 0.864. The van der Waals surface area contributed by atoms with Gasteiger partial charge in [0, 0.05) is 13.1 Å². The van der Waals surface area contributed by atoms with Crippen LogP contribution in [0.1, 0.15) is 30.9 Å². The summed E-state index contributed by atoms with van der Waals surface area (Å²) < 4.78 is 16.1. The number of hydrogen-bond acceptors (Lipinski definition) is 5. The Balaban J connectivity index is 1.43. The molecular formula is C22H27NO4. The van der Waals surface area contributed by atoms with E-state index in [0.29, 0.717) is 12.5 Å². The molecule has 1 fully saturated rings. The first-order valence-electron chi connectivity index (χ1n) is 9.51. The summed E-state index contributed by atoms with van der Waals surface area (Å²) in [6, 6.07) is 12.0. The van der Waals surface area contributed by atoms with Crippen molar-refractivity contribution in [3.05, 3.63) is 47.5 Å². The molecule has 1 atom stereocenters. The smallest absolute Gasteiger partial charge is 0.231 e. The molecule has 0 aromatic heterocycles. The lowest BCUT2D eigenvalue weighted by atomic mass is 9.77. The molecule has 27 heavy (non-hydrogen) atoms. The van der Waals surface area contributed by atoms with Crippen molar-refractivity contribution in [2.24, 2.45) is 5.41 Å². The van der Waals surface area contributed by atoms with E-state index in [1.165, 1.54) is 18.4 Å². The van der Waals surface area contributed by atoms with Crippen LogP contribution in [0.25, 0.3) is 0 Å². The first-order valence-corrected chi connectivity index (χ1v) is 9.51. The minimum absolute atomic E-state index is 0.204. The molecule has 0 aliphatic carbocycles. The lowest BCUT2D eigenvalue weighted by molar-refractivity contribution is 0.0969. The minimum atomic E-state index is 0.204. The van der Waals surface area contributed by atoms with Gasteiger partial charge in [0.15, 0.2) is 23.0 Å². The van der Waals surface area contributed by atoms with E-state index in [-0.39, 0.29) is 11.2 Å². The second-order valence-corrected chi connectivity index (χ2v) is 8.00. The number of likely N-dealkylation sites (tertiary alicyclic amines) is 1. The predicted molar refractivity (Wildman–Crippen MR) is 104 cm³/mol. The Hall–Kier alpha value is -2.40.